The van der Waals surface area contributed by atoms with E-state index in [0.29, 0.717) is 17.2 Å². The van der Waals surface area contributed by atoms with E-state index in [1.165, 1.54) is 4.31 Å². The molecule has 0 fully saturated rings. The Bertz CT molecular complexity index is 1210. The first-order valence-corrected chi connectivity index (χ1v) is 12.3. The fourth-order valence-corrected chi connectivity index (χ4v) is 5.36. The number of carbonyl (C=O) groups excluding carboxylic acids is 1. The molecular formula is C25H26N2O4S. The Kier molecular flexibility index (Phi) is 5.93. The van der Waals surface area contributed by atoms with Crippen LogP contribution in [0.25, 0.3) is 0 Å². The van der Waals surface area contributed by atoms with Gasteiger partial charge in [0.15, 0.2) is 0 Å². The number of carbonyl (C=O) groups is 1. The molecule has 2 atom stereocenters. The molecule has 0 aliphatic carbocycles. The third-order valence-electron chi connectivity index (χ3n) is 5.58. The van der Waals surface area contributed by atoms with Crippen molar-refractivity contribution >= 4 is 27.3 Å². The number of nitrogens with zero attached hydrogens (tertiary/aromatic N) is 2. The fraction of sp³-hybridized carbons (Fsp3) is 0.240. The summed E-state index contributed by atoms with van der Waals surface area (Å²) in [6.45, 7) is 3.61. The van der Waals surface area contributed by atoms with Gasteiger partial charge in [-0.3, -0.25) is 9.10 Å². The SMILES string of the molecule is C[C@@H]1Cc2ccccc2N1C(=O)[C@H](C)N(c1ccc(Oc2ccccc2)cc1)S(C)(=O)=O. The third kappa shape index (κ3) is 4.34. The van der Waals surface area contributed by atoms with Crippen molar-refractivity contribution in [3.8, 4) is 11.5 Å². The van der Waals surface area contributed by atoms with E-state index < -0.39 is 16.1 Å². The molecule has 0 saturated carbocycles. The Labute approximate surface area is 189 Å². The molecule has 1 amide bonds. The molecular weight excluding hydrogens is 424 g/mol. The minimum Gasteiger partial charge on any atom is -0.457 e. The van der Waals surface area contributed by atoms with Crippen LogP contribution in [0.5, 0.6) is 11.5 Å². The summed E-state index contributed by atoms with van der Waals surface area (Å²) in [4.78, 5) is 15.2. The monoisotopic (exact) mass is 450 g/mol. The summed E-state index contributed by atoms with van der Waals surface area (Å²) < 4.78 is 32.4. The summed E-state index contributed by atoms with van der Waals surface area (Å²) in [5.41, 5.74) is 2.35. The van der Waals surface area contributed by atoms with Gasteiger partial charge in [0.05, 0.1) is 11.9 Å². The van der Waals surface area contributed by atoms with E-state index in [9.17, 15) is 13.2 Å². The predicted octanol–water partition coefficient (Wildman–Crippen LogP) is 4.61. The highest BCUT2D eigenvalue weighted by molar-refractivity contribution is 7.92. The molecule has 0 radical (unpaired) electrons. The number of sulfonamides is 1. The summed E-state index contributed by atoms with van der Waals surface area (Å²) in [7, 11) is -3.71. The van der Waals surface area contributed by atoms with Gasteiger partial charge in [0.2, 0.25) is 10.0 Å². The van der Waals surface area contributed by atoms with Crippen molar-refractivity contribution in [3.63, 3.8) is 0 Å². The van der Waals surface area contributed by atoms with Gasteiger partial charge in [0, 0.05) is 11.7 Å². The van der Waals surface area contributed by atoms with E-state index in [2.05, 4.69) is 0 Å². The standard InChI is InChI=1S/C25H26N2O4S/c1-18-17-20-9-7-8-12-24(20)26(18)25(28)19(2)27(32(3,29)30)21-13-15-23(16-14-21)31-22-10-5-4-6-11-22/h4-16,18-19H,17H2,1-3H3/t18-,19+/m1/s1. The van der Waals surface area contributed by atoms with E-state index in [1.54, 1.807) is 36.1 Å². The Morgan fingerprint density at radius 1 is 0.969 bits per heavy atom. The number of ether oxygens (including phenoxy) is 1. The zero-order valence-corrected chi connectivity index (χ0v) is 19.1. The first-order valence-electron chi connectivity index (χ1n) is 10.5. The maximum atomic E-state index is 13.5. The van der Waals surface area contributed by atoms with Gasteiger partial charge in [-0.2, -0.15) is 0 Å². The van der Waals surface area contributed by atoms with E-state index in [1.807, 2.05) is 61.5 Å². The summed E-state index contributed by atoms with van der Waals surface area (Å²) in [5.74, 6) is 1.01. The number of benzene rings is 3. The highest BCUT2D eigenvalue weighted by Crippen LogP contribution is 2.34. The zero-order chi connectivity index (χ0) is 22.9. The second kappa shape index (κ2) is 8.67. The van der Waals surface area contributed by atoms with Crippen LogP contribution in [-0.4, -0.2) is 32.7 Å². The Morgan fingerprint density at radius 3 is 2.22 bits per heavy atom. The Morgan fingerprint density at radius 2 is 1.56 bits per heavy atom. The van der Waals surface area contributed by atoms with Crippen LogP contribution in [0.4, 0.5) is 11.4 Å². The van der Waals surface area contributed by atoms with Gasteiger partial charge in [-0.05, 0) is 68.3 Å². The summed E-state index contributed by atoms with van der Waals surface area (Å²) >= 11 is 0. The number of para-hydroxylation sites is 2. The van der Waals surface area contributed by atoms with Crippen LogP contribution < -0.4 is 13.9 Å². The van der Waals surface area contributed by atoms with Crippen molar-refractivity contribution in [2.24, 2.45) is 0 Å². The summed E-state index contributed by atoms with van der Waals surface area (Å²) in [6, 6.07) is 22.9. The number of fused-ring (bicyclic) bond motifs is 1. The van der Waals surface area contributed by atoms with Crippen LogP contribution in [0.2, 0.25) is 0 Å². The van der Waals surface area contributed by atoms with Gasteiger partial charge in [-0.25, -0.2) is 8.42 Å². The van der Waals surface area contributed by atoms with Crippen LogP contribution in [0.15, 0.2) is 78.9 Å². The molecule has 0 aromatic heterocycles. The molecule has 1 heterocycles. The molecule has 1 aliphatic heterocycles. The molecule has 0 bridgehead atoms. The van der Waals surface area contributed by atoms with E-state index in [0.717, 1.165) is 23.9 Å². The lowest BCUT2D eigenvalue weighted by atomic mass is 10.1. The molecule has 0 spiro atoms. The average Bonchev–Trinajstić information content (AvgIpc) is 3.10. The average molecular weight is 451 g/mol. The minimum absolute atomic E-state index is 0.0367. The zero-order valence-electron chi connectivity index (χ0n) is 18.3. The Balaban J connectivity index is 1.61. The highest BCUT2D eigenvalue weighted by atomic mass is 32.2. The van der Waals surface area contributed by atoms with E-state index >= 15 is 0 Å². The molecule has 3 aromatic carbocycles. The number of hydrogen-bond acceptors (Lipinski definition) is 4. The van der Waals surface area contributed by atoms with Crippen molar-refractivity contribution in [3.05, 3.63) is 84.4 Å². The fourth-order valence-electron chi connectivity index (χ4n) is 4.19. The van der Waals surface area contributed by atoms with Crippen molar-refractivity contribution < 1.29 is 17.9 Å². The number of anilines is 2. The molecule has 32 heavy (non-hydrogen) atoms. The molecule has 3 aromatic rings. The van der Waals surface area contributed by atoms with Crippen LogP contribution in [0, 0.1) is 0 Å². The van der Waals surface area contributed by atoms with Gasteiger partial charge in [-0.15, -0.1) is 0 Å². The van der Waals surface area contributed by atoms with E-state index in [4.69, 9.17) is 4.74 Å². The van der Waals surface area contributed by atoms with Crippen molar-refractivity contribution in [2.75, 3.05) is 15.5 Å². The topological polar surface area (TPSA) is 66.9 Å². The molecule has 0 saturated heterocycles. The maximum Gasteiger partial charge on any atom is 0.250 e. The predicted molar refractivity (Wildman–Crippen MR) is 127 cm³/mol. The Hall–Kier alpha value is -3.32. The number of hydrogen-bond donors (Lipinski definition) is 0. The second-order valence-corrected chi connectivity index (χ2v) is 9.89. The quantitative estimate of drug-likeness (QED) is 0.550. The van der Waals surface area contributed by atoms with Crippen molar-refractivity contribution in [2.45, 2.75) is 32.4 Å². The molecule has 6 nitrogen and oxygen atoms in total. The van der Waals surface area contributed by atoms with E-state index in [-0.39, 0.29) is 11.9 Å². The first-order chi connectivity index (χ1) is 15.3. The van der Waals surface area contributed by atoms with Crippen molar-refractivity contribution in [1.82, 2.24) is 0 Å². The molecule has 166 valence electrons. The molecule has 1 aliphatic rings. The van der Waals surface area contributed by atoms with Crippen LogP contribution in [0.1, 0.15) is 19.4 Å². The largest absolute Gasteiger partial charge is 0.457 e. The van der Waals surface area contributed by atoms with Crippen molar-refractivity contribution in [1.29, 1.82) is 0 Å². The minimum atomic E-state index is -3.71. The second-order valence-electron chi connectivity index (χ2n) is 8.03. The lowest BCUT2D eigenvalue weighted by Gasteiger charge is -2.33. The molecule has 4 rings (SSSR count). The van der Waals surface area contributed by atoms with Gasteiger partial charge in [-0.1, -0.05) is 36.4 Å². The molecule has 0 unspecified atom stereocenters. The van der Waals surface area contributed by atoms with Crippen LogP contribution in [-0.2, 0) is 21.2 Å². The summed E-state index contributed by atoms with van der Waals surface area (Å²) in [5, 5.41) is 0. The van der Waals surface area contributed by atoms with Crippen LogP contribution >= 0.6 is 0 Å². The van der Waals surface area contributed by atoms with Gasteiger partial charge in [0.25, 0.3) is 5.91 Å². The lowest BCUT2D eigenvalue weighted by Crippen LogP contribution is -2.51. The highest BCUT2D eigenvalue weighted by Gasteiger charge is 2.37. The number of rotatable bonds is 6. The smallest absolute Gasteiger partial charge is 0.250 e. The van der Waals surface area contributed by atoms with Gasteiger partial charge < -0.3 is 9.64 Å². The van der Waals surface area contributed by atoms with Gasteiger partial charge >= 0.3 is 0 Å². The first kappa shape index (κ1) is 21.9. The molecule has 0 N–H and O–H groups in total. The van der Waals surface area contributed by atoms with Gasteiger partial charge in [0.1, 0.15) is 17.5 Å². The summed E-state index contributed by atoms with van der Waals surface area (Å²) in [6.07, 6.45) is 1.87. The maximum absolute atomic E-state index is 13.5. The normalized spacial score (nSPS) is 16.3. The van der Waals surface area contributed by atoms with Crippen LogP contribution in [0.3, 0.4) is 0 Å². The lowest BCUT2D eigenvalue weighted by molar-refractivity contribution is -0.119. The molecule has 7 heteroatoms. The number of amides is 1. The third-order valence-corrected chi connectivity index (χ3v) is 6.82.